The van der Waals surface area contributed by atoms with Gasteiger partial charge < -0.3 is 5.73 Å². The van der Waals surface area contributed by atoms with Crippen LogP contribution in [0.4, 0.5) is 4.39 Å². The second-order valence-corrected chi connectivity index (χ2v) is 1.96. The lowest BCUT2D eigenvalue weighted by molar-refractivity contribution is -0.109. The first-order valence-electron chi connectivity index (χ1n) is 2.67. The average Bonchev–Trinajstić information content (AvgIpc) is 1.84. The van der Waals surface area contributed by atoms with Gasteiger partial charge in [-0.15, -0.1) is 0 Å². The van der Waals surface area contributed by atoms with Crippen LogP contribution in [0.5, 0.6) is 0 Å². The fourth-order valence-electron chi connectivity index (χ4n) is 0.605. The van der Waals surface area contributed by atoms with Crippen LogP contribution >= 0.6 is 0 Å². The standard InChI is InChI=1S/C6H6FN3/c7-3-1-5(9)6(10)2-4(3)8/h1-2,9-10H,8H2/p+1. The van der Waals surface area contributed by atoms with Crippen molar-refractivity contribution in [3.05, 3.63) is 23.7 Å². The van der Waals surface area contributed by atoms with Crippen LogP contribution in [0, 0.1) is 5.41 Å². The van der Waals surface area contributed by atoms with Crippen LogP contribution in [0.3, 0.4) is 0 Å². The molecule has 4 heteroatoms. The summed E-state index contributed by atoms with van der Waals surface area (Å²) >= 11 is 0. The van der Waals surface area contributed by atoms with E-state index in [2.05, 4.69) is 0 Å². The van der Waals surface area contributed by atoms with E-state index in [1.165, 1.54) is 6.08 Å². The lowest BCUT2D eigenvalue weighted by Gasteiger charge is -2.01. The molecule has 1 aliphatic carbocycles. The Morgan fingerprint density at radius 2 is 2.10 bits per heavy atom. The molecule has 0 fully saturated rings. The van der Waals surface area contributed by atoms with Crippen molar-refractivity contribution in [2.75, 3.05) is 0 Å². The van der Waals surface area contributed by atoms with Gasteiger partial charge in [0.1, 0.15) is 5.71 Å². The number of allylic oxidation sites excluding steroid dienone is 3. The minimum Gasteiger partial charge on any atom is -0.396 e. The Morgan fingerprint density at radius 1 is 1.50 bits per heavy atom. The molecule has 52 valence electrons. The number of hydrogen-bond acceptors (Lipinski definition) is 2. The summed E-state index contributed by atoms with van der Waals surface area (Å²) in [5.41, 5.74) is 5.25. The molecule has 3 nitrogen and oxygen atoms in total. The predicted octanol–water partition coefficient (Wildman–Crippen LogP) is -1.08. The zero-order chi connectivity index (χ0) is 7.72. The third-order valence-electron chi connectivity index (χ3n) is 1.17. The van der Waals surface area contributed by atoms with Gasteiger partial charge >= 0.3 is 0 Å². The molecular formula is C6H7FN3+. The first-order chi connectivity index (χ1) is 4.61. The van der Waals surface area contributed by atoms with Gasteiger partial charge in [0.25, 0.3) is 0 Å². The molecule has 0 atom stereocenters. The number of hydrogen-bond donors (Lipinski definition) is 3. The fraction of sp³-hybridized carbons (Fsp3) is 0. The fourth-order valence-corrected chi connectivity index (χ4v) is 0.605. The first kappa shape index (κ1) is 6.67. The smallest absolute Gasteiger partial charge is 0.224 e. The third kappa shape index (κ3) is 0.953. The molecule has 0 radical (unpaired) electrons. The van der Waals surface area contributed by atoms with Gasteiger partial charge in [0.05, 0.1) is 5.70 Å². The summed E-state index contributed by atoms with van der Waals surface area (Å²) in [7, 11) is 0. The van der Waals surface area contributed by atoms with Crippen molar-refractivity contribution < 1.29 is 9.80 Å². The van der Waals surface area contributed by atoms with Gasteiger partial charge in [0.15, 0.2) is 5.83 Å². The molecule has 0 aromatic carbocycles. The molecule has 0 heterocycles. The highest BCUT2D eigenvalue weighted by Gasteiger charge is 2.15. The minimum absolute atomic E-state index is 0.0424. The van der Waals surface area contributed by atoms with Gasteiger partial charge in [-0.05, 0) is 6.08 Å². The van der Waals surface area contributed by atoms with E-state index in [4.69, 9.17) is 16.6 Å². The predicted molar refractivity (Wildman–Crippen MR) is 36.1 cm³/mol. The molecule has 0 amide bonds. The molecule has 0 bridgehead atoms. The van der Waals surface area contributed by atoms with Crippen molar-refractivity contribution in [1.29, 1.82) is 5.41 Å². The Hall–Kier alpha value is -1.45. The quantitative estimate of drug-likeness (QED) is 0.368. The molecule has 10 heavy (non-hydrogen) atoms. The molecule has 0 unspecified atom stereocenters. The number of nitrogens with two attached hydrogens (primary N) is 2. The second kappa shape index (κ2) is 2.06. The molecule has 0 aliphatic heterocycles. The highest BCUT2D eigenvalue weighted by atomic mass is 19.1. The van der Waals surface area contributed by atoms with Gasteiger partial charge in [-0.1, -0.05) is 0 Å². The van der Waals surface area contributed by atoms with Gasteiger partial charge in [-0.25, -0.2) is 4.39 Å². The summed E-state index contributed by atoms with van der Waals surface area (Å²) in [5, 5.41) is 12.3. The highest BCUT2D eigenvalue weighted by Crippen LogP contribution is 2.09. The number of rotatable bonds is 0. The van der Waals surface area contributed by atoms with E-state index in [0.29, 0.717) is 0 Å². The van der Waals surface area contributed by atoms with Crippen LogP contribution in [-0.4, -0.2) is 11.4 Å². The maximum atomic E-state index is 12.5. The SMILES string of the molecule is N=C1C=C(N)C(F)=CC1=[NH2+]. The number of nitrogens with one attached hydrogen (secondary N) is 1. The van der Waals surface area contributed by atoms with Crippen LogP contribution in [0.15, 0.2) is 23.7 Å². The largest absolute Gasteiger partial charge is 0.396 e. The van der Waals surface area contributed by atoms with Crippen LogP contribution < -0.4 is 11.1 Å². The van der Waals surface area contributed by atoms with Gasteiger partial charge in [0, 0.05) is 6.08 Å². The monoisotopic (exact) mass is 140 g/mol. The van der Waals surface area contributed by atoms with Gasteiger partial charge in [-0.2, -0.15) is 0 Å². The van der Waals surface area contributed by atoms with Crippen molar-refractivity contribution in [2.45, 2.75) is 0 Å². The molecule has 0 saturated carbocycles. The second-order valence-electron chi connectivity index (χ2n) is 1.96. The molecule has 1 aliphatic rings. The highest BCUT2D eigenvalue weighted by molar-refractivity contribution is 6.47. The van der Waals surface area contributed by atoms with Crippen molar-refractivity contribution in [2.24, 2.45) is 5.73 Å². The molecular weight excluding hydrogens is 133 g/mol. The normalized spacial score (nSPS) is 18.5. The molecule has 5 N–H and O–H groups in total. The van der Waals surface area contributed by atoms with E-state index >= 15 is 0 Å². The summed E-state index contributed by atoms with van der Waals surface area (Å²) in [6.45, 7) is 0. The Morgan fingerprint density at radius 3 is 2.60 bits per heavy atom. The van der Waals surface area contributed by atoms with Crippen molar-refractivity contribution in [1.82, 2.24) is 0 Å². The topological polar surface area (TPSA) is 75.5 Å². The maximum Gasteiger partial charge on any atom is 0.224 e. The van der Waals surface area contributed by atoms with Crippen molar-refractivity contribution in [3.63, 3.8) is 0 Å². The van der Waals surface area contributed by atoms with Crippen LogP contribution in [0.25, 0.3) is 0 Å². The molecule has 1 rings (SSSR count). The Bertz CT molecular complexity index is 234. The molecule has 0 spiro atoms. The molecule has 0 aromatic rings. The Kier molecular flexibility index (Phi) is 1.37. The lowest BCUT2D eigenvalue weighted by atomic mass is 10.1. The van der Waals surface area contributed by atoms with Crippen molar-refractivity contribution in [3.8, 4) is 0 Å². The molecule has 0 saturated heterocycles. The summed E-state index contributed by atoms with van der Waals surface area (Å²) in [5.74, 6) is -0.575. The minimum atomic E-state index is -0.575. The third-order valence-corrected chi connectivity index (χ3v) is 1.17. The molecule has 0 aromatic heterocycles. The van der Waals surface area contributed by atoms with Crippen LogP contribution in [-0.2, 0) is 0 Å². The summed E-state index contributed by atoms with van der Waals surface area (Å²) in [6.07, 6.45) is 2.22. The van der Waals surface area contributed by atoms with E-state index in [1.54, 1.807) is 0 Å². The maximum absolute atomic E-state index is 12.5. The summed E-state index contributed by atoms with van der Waals surface area (Å²) < 4.78 is 12.5. The van der Waals surface area contributed by atoms with Gasteiger partial charge in [0.2, 0.25) is 5.71 Å². The van der Waals surface area contributed by atoms with Gasteiger partial charge in [-0.3, -0.25) is 10.8 Å². The first-order valence-corrected chi connectivity index (χ1v) is 2.67. The van der Waals surface area contributed by atoms with E-state index in [9.17, 15) is 4.39 Å². The van der Waals surface area contributed by atoms with E-state index in [0.717, 1.165) is 6.08 Å². The lowest BCUT2D eigenvalue weighted by Crippen LogP contribution is -2.44. The number of halogens is 1. The van der Waals surface area contributed by atoms with E-state index in [1.807, 2.05) is 0 Å². The van der Waals surface area contributed by atoms with E-state index < -0.39 is 5.83 Å². The summed E-state index contributed by atoms with van der Waals surface area (Å²) in [4.78, 5) is 0. The van der Waals surface area contributed by atoms with Crippen molar-refractivity contribution >= 4 is 11.4 Å². The van der Waals surface area contributed by atoms with Crippen LogP contribution in [0.1, 0.15) is 0 Å². The zero-order valence-corrected chi connectivity index (χ0v) is 5.19. The summed E-state index contributed by atoms with van der Waals surface area (Å²) in [6, 6.07) is 0. The Labute approximate surface area is 57.1 Å². The van der Waals surface area contributed by atoms with E-state index in [-0.39, 0.29) is 17.1 Å². The Balaban J connectivity index is 3.06. The average molecular weight is 140 g/mol. The zero-order valence-electron chi connectivity index (χ0n) is 5.19. The van der Waals surface area contributed by atoms with Crippen LogP contribution in [0.2, 0.25) is 0 Å².